The van der Waals surface area contributed by atoms with Crippen molar-refractivity contribution in [2.24, 2.45) is 0 Å². The second kappa shape index (κ2) is 22.6. The summed E-state index contributed by atoms with van der Waals surface area (Å²) in [5.41, 5.74) is -19.4. The molecule has 0 N–H and O–H groups in total. The molecule has 96 heavy (non-hydrogen) atoms. The van der Waals surface area contributed by atoms with Gasteiger partial charge in [-0.3, -0.25) is 48.2 Å². The summed E-state index contributed by atoms with van der Waals surface area (Å²) in [6, 6.07) is 26.0. The van der Waals surface area contributed by atoms with Gasteiger partial charge in [0, 0.05) is 14.1 Å². The molecule has 13 nitrogen and oxygen atoms in total. The lowest BCUT2D eigenvalue weighted by Crippen LogP contribution is -2.55. The number of fused-ring (bicyclic) bond motifs is 4. The molecule has 492 valence electrons. The van der Waals surface area contributed by atoms with Crippen LogP contribution in [0.5, 0.6) is 11.5 Å². The molecule has 4 heterocycles. The molecule has 0 fully saturated rings. The average molecular weight is 1340 g/mol. The van der Waals surface area contributed by atoms with Crippen molar-refractivity contribution >= 4 is 58.6 Å². The summed E-state index contributed by atoms with van der Waals surface area (Å²) in [6.07, 6.45) is -29.1. The van der Waals surface area contributed by atoms with Gasteiger partial charge < -0.3 is 4.74 Å². The van der Waals surface area contributed by atoms with Gasteiger partial charge in [-0.1, -0.05) is 65.7 Å². The van der Waals surface area contributed by atoms with E-state index in [9.17, 15) is 104 Å². The van der Waals surface area contributed by atoms with Gasteiger partial charge in [0.15, 0.2) is 0 Å². The van der Waals surface area contributed by atoms with Gasteiger partial charge in [0.2, 0.25) is 10.8 Å². The minimum Gasteiger partial charge on any atom is -0.457 e. The third-order valence-corrected chi connectivity index (χ3v) is 17.0. The molecule has 0 radical (unpaired) electrons. The van der Waals surface area contributed by atoms with E-state index in [4.69, 9.17) is 4.74 Å². The Bertz CT molecular complexity index is 4680. The fourth-order valence-corrected chi connectivity index (χ4v) is 12.2. The molecule has 0 spiro atoms. The van der Waals surface area contributed by atoms with E-state index in [-0.39, 0.29) is 33.6 Å². The number of anilines is 2. The monoisotopic (exact) mass is 1340 g/mol. The SMILES string of the molecule is Cc1ccc(-c2ccc(N3C(=O)c4ccc(C(c5ccc6c(c5)C(=O)N(C)C6=O)(C(F)(F)F)C(F)(F)F)cc4C3=O)cc2C)c(C(F)(F)F)c1.Cc1ccc(Oc2ccc(N3C(=O)c4ccc(C(c5ccc6c(c5)C(=O)N(C)C6=O)(C(F)(F)F)C(F)(F)F)cc4C3=O)cc2)cc1. The van der Waals surface area contributed by atoms with Crippen LogP contribution in [0.1, 0.15) is 127 Å². The summed E-state index contributed by atoms with van der Waals surface area (Å²) in [5.74, 6) is -7.60. The van der Waals surface area contributed by atoms with Crippen molar-refractivity contribution < 1.29 is 109 Å². The van der Waals surface area contributed by atoms with Crippen molar-refractivity contribution in [3.63, 3.8) is 0 Å². The minimum absolute atomic E-state index is 0.00725. The van der Waals surface area contributed by atoms with Crippen LogP contribution in [-0.4, -0.2) is 95.9 Å². The van der Waals surface area contributed by atoms with E-state index in [0.29, 0.717) is 97.3 Å². The van der Waals surface area contributed by atoms with Crippen LogP contribution < -0.4 is 14.5 Å². The molecular weight excluding hydrogens is 1300 g/mol. The van der Waals surface area contributed by atoms with Gasteiger partial charge in [-0.2, -0.15) is 65.9 Å². The van der Waals surface area contributed by atoms with Crippen LogP contribution >= 0.6 is 0 Å². The molecule has 0 atom stereocenters. The molecule has 0 aromatic heterocycles. The molecule has 4 aliphatic heterocycles. The number of hydrogen-bond donors (Lipinski definition) is 0. The zero-order valence-electron chi connectivity index (χ0n) is 49.6. The Kier molecular flexibility index (Phi) is 15.7. The molecule has 0 aliphatic carbocycles. The molecule has 0 bridgehead atoms. The van der Waals surface area contributed by atoms with E-state index in [1.54, 1.807) is 12.1 Å². The van der Waals surface area contributed by atoms with E-state index < -0.39 is 156 Å². The van der Waals surface area contributed by atoms with Gasteiger partial charge in [0.05, 0.1) is 61.4 Å². The Hall–Kier alpha value is -10.9. The third kappa shape index (κ3) is 10.3. The lowest BCUT2D eigenvalue weighted by molar-refractivity contribution is -0.290. The number of alkyl halides is 15. The van der Waals surface area contributed by atoms with E-state index >= 15 is 0 Å². The van der Waals surface area contributed by atoms with E-state index in [2.05, 4.69) is 0 Å². The third-order valence-electron chi connectivity index (χ3n) is 17.0. The number of benzene rings is 8. The molecule has 0 saturated carbocycles. The molecule has 8 aromatic carbocycles. The molecule has 28 heteroatoms. The van der Waals surface area contributed by atoms with Crippen molar-refractivity contribution in [1.82, 2.24) is 9.80 Å². The summed E-state index contributed by atoms with van der Waals surface area (Å²) in [7, 11) is 2.06. The summed E-state index contributed by atoms with van der Waals surface area (Å²) in [6.45, 7) is 4.78. The van der Waals surface area contributed by atoms with E-state index in [1.807, 2.05) is 19.1 Å². The van der Waals surface area contributed by atoms with E-state index in [0.717, 1.165) is 43.9 Å². The maximum absolute atomic E-state index is 14.9. The van der Waals surface area contributed by atoms with Crippen molar-refractivity contribution in [1.29, 1.82) is 0 Å². The van der Waals surface area contributed by atoms with Gasteiger partial charge >= 0.3 is 30.9 Å². The summed E-state index contributed by atoms with van der Waals surface area (Å²) < 4.78 is 226. The van der Waals surface area contributed by atoms with E-state index in [1.165, 1.54) is 62.4 Å². The molecule has 8 aromatic rings. The first-order chi connectivity index (χ1) is 44.7. The Balaban J connectivity index is 0.000000196. The number of carbonyl (C=O) groups excluding carboxylic acids is 8. The molecule has 8 amide bonds. The highest BCUT2D eigenvalue weighted by Crippen LogP contribution is 2.59. The maximum atomic E-state index is 14.9. The Morgan fingerprint density at radius 1 is 0.292 bits per heavy atom. The standard InChI is InChI=1S/C35H21F9N2O4.C33H20F6N2O5/c1-16-4-8-22(27(12-16)33(36,37)38)21-11-7-20(13-17(21)2)46-30(49)24-10-6-19(15-26(24)31(46)50)32(34(39,40)41,35(42,43)44)18-5-9-23-25(14-18)29(48)45(3)28(23)47;1-17-3-9-21(10-4-17)46-22-11-7-20(8-12-22)41-29(44)24-14-6-19(16-26(24)30(41)45)31(32(34,35)36,33(37,38)39)18-5-13-23-25(15-18)28(43)40(2)27(23)42/h4-15H,1-3H3;3-16H,1-2H3. The number of rotatable bonds is 9. The summed E-state index contributed by atoms with van der Waals surface area (Å²) in [5, 5.41) is 0. The van der Waals surface area contributed by atoms with Crippen LogP contribution in [0, 0.1) is 20.8 Å². The quantitative estimate of drug-likeness (QED) is 0.101. The van der Waals surface area contributed by atoms with Crippen molar-refractivity contribution in [3.05, 3.63) is 247 Å². The first-order valence-corrected chi connectivity index (χ1v) is 28.1. The van der Waals surface area contributed by atoms with Crippen LogP contribution in [0.2, 0.25) is 0 Å². The second-order valence-electron chi connectivity index (χ2n) is 22.7. The van der Waals surface area contributed by atoms with Gasteiger partial charge in [-0.05, 0) is 163 Å². The van der Waals surface area contributed by atoms with Crippen LogP contribution in [-0.2, 0) is 17.0 Å². The van der Waals surface area contributed by atoms with Crippen LogP contribution in [0.15, 0.2) is 158 Å². The van der Waals surface area contributed by atoms with Crippen molar-refractivity contribution in [3.8, 4) is 22.6 Å². The fraction of sp³-hybridized carbons (Fsp3) is 0.176. The molecule has 0 unspecified atom stereocenters. The highest BCUT2D eigenvalue weighted by Gasteiger charge is 2.74. The lowest BCUT2D eigenvalue weighted by Gasteiger charge is -2.38. The lowest BCUT2D eigenvalue weighted by atomic mass is 9.71. The van der Waals surface area contributed by atoms with Crippen LogP contribution in [0.3, 0.4) is 0 Å². The largest absolute Gasteiger partial charge is 0.457 e. The first-order valence-electron chi connectivity index (χ1n) is 28.1. The smallest absolute Gasteiger partial charge is 0.417 e. The van der Waals surface area contributed by atoms with Gasteiger partial charge in [-0.25, -0.2) is 9.80 Å². The number of aryl methyl sites for hydroxylation is 3. The summed E-state index contributed by atoms with van der Waals surface area (Å²) >= 11 is 0. The normalized spacial score (nSPS) is 15.2. The Morgan fingerprint density at radius 3 is 0.948 bits per heavy atom. The Labute approximate surface area is 531 Å². The highest BCUT2D eigenvalue weighted by atomic mass is 19.4. The Morgan fingerprint density at radius 2 is 0.583 bits per heavy atom. The van der Waals surface area contributed by atoms with Gasteiger partial charge in [0.1, 0.15) is 11.5 Å². The molecule has 4 aliphatic rings. The van der Waals surface area contributed by atoms with Crippen LogP contribution in [0.25, 0.3) is 11.1 Å². The zero-order chi connectivity index (χ0) is 70.2. The van der Waals surface area contributed by atoms with Crippen LogP contribution in [0.4, 0.5) is 77.2 Å². The predicted molar refractivity (Wildman–Crippen MR) is 311 cm³/mol. The van der Waals surface area contributed by atoms with Crippen molar-refractivity contribution in [2.45, 2.75) is 62.5 Å². The zero-order valence-corrected chi connectivity index (χ0v) is 49.6. The minimum atomic E-state index is -6.13. The fourth-order valence-electron chi connectivity index (χ4n) is 12.2. The topological polar surface area (TPSA) is 159 Å². The maximum Gasteiger partial charge on any atom is 0.417 e. The second-order valence-corrected chi connectivity index (χ2v) is 22.7. The molecular formula is C68H41F15N4O9. The van der Waals surface area contributed by atoms with Gasteiger partial charge in [0.25, 0.3) is 47.3 Å². The number of carbonyl (C=O) groups is 8. The van der Waals surface area contributed by atoms with Gasteiger partial charge in [-0.15, -0.1) is 0 Å². The highest BCUT2D eigenvalue weighted by molar-refractivity contribution is 6.35. The van der Waals surface area contributed by atoms with Crippen molar-refractivity contribution in [2.75, 3.05) is 23.9 Å². The first kappa shape index (κ1) is 66.5. The predicted octanol–water partition coefficient (Wildman–Crippen LogP) is 15.7. The number of hydrogen-bond acceptors (Lipinski definition) is 9. The average Bonchev–Trinajstić information content (AvgIpc) is 1.62. The molecule has 12 rings (SSSR count). The number of amides is 8. The number of ether oxygens (including phenoxy) is 1. The summed E-state index contributed by atoms with van der Waals surface area (Å²) in [4.78, 5) is 105. The number of imide groups is 4. The molecule has 0 saturated heterocycles. The number of halogens is 15. The number of nitrogens with zero attached hydrogens (tertiary/aromatic N) is 4.